The molecule has 7 heteroatoms. The predicted octanol–water partition coefficient (Wildman–Crippen LogP) is 4.40. The van der Waals surface area contributed by atoms with Crippen LogP contribution in [0.25, 0.3) is 0 Å². The fraction of sp³-hybridized carbons (Fsp3) is 0.321. The number of hydrogen-bond donors (Lipinski definition) is 0. The molecule has 0 aliphatic heterocycles. The van der Waals surface area contributed by atoms with Crippen molar-refractivity contribution in [2.24, 2.45) is 0 Å². The van der Waals surface area contributed by atoms with Gasteiger partial charge in [-0.15, -0.1) is 0 Å². The predicted molar refractivity (Wildman–Crippen MR) is 132 cm³/mol. The quantitative estimate of drug-likeness (QED) is 0.319. The molecule has 0 N–H and O–H groups in total. The third-order valence-corrected chi connectivity index (χ3v) is 5.45. The average molecular weight is 480 g/mol. The smallest absolute Gasteiger partial charge is 0.277 e. The maximum atomic E-state index is 13.2. The standard InChI is InChI=1S/C28H33NO6/c1-29(32-3)28(30)27(35-20-23-12-8-5-9-13-23)26(34-19-22-10-6-4-7-11-22)21-33-18-24-14-16-25(31-2)17-15-24/h4-17,26-27H,18-21H2,1-3H3/t26-,27+/m1/s1. The number of nitrogens with zero attached hydrogens (tertiary/aromatic N) is 1. The fourth-order valence-electron chi connectivity index (χ4n) is 3.38. The van der Waals surface area contributed by atoms with Crippen molar-refractivity contribution in [3.8, 4) is 5.75 Å². The summed E-state index contributed by atoms with van der Waals surface area (Å²) in [5, 5.41) is 1.15. The lowest BCUT2D eigenvalue weighted by Gasteiger charge is -2.29. The zero-order chi connectivity index (χ0) is 24.9. The Bertz CT molecular complexity index is 997. The highest BCUT2D eigenvalue weighted by Crippen LogP contribution is 2.17. The lowest BCUT2D eigenvalue weighted by atomic mass is 10.1. The van der Waals surface area contributed by atoms with Gasteiger partial charge in [0.1, 0.15) is 11.9 Å². The van der Waals surface area contributed by atoms with Crippen LogP contribution < -0.4 is 4.74 Å². The van der Waals surface area contributed by atoms with Crippen molar-refractivity contribution >= 4 is 5.91 Å². The molecule has 0 aliphatic rings. The van der Waals surface area contributed by atoms with Crippen LogP contribution in [0.3, 0.4) is 0 Å². The van der Waals surface area contributed by atoms with E-state index in [1.165, 1.54) is 7.11 Å². The van der Waals surface area contributed by atoms with Crippen molar-refractivity contribution in [2.75, 3.05) is 27.9 Å². The molecule has 186 valence electrons. The summed E-state index contributed by atoms with van der Waals surface area (Å²) in [5.74, 6) is 0.426. The Kier molecular flexibility index (Phi) is 10.7. The van der Waals surface area contributed by atoms with Gasteiger partial charge in [0.15, 0.2) is 6.10 Å². The molecule has 0 saturated heterocycles. The van der Waals surface area contributed by atoms with E-state index in [1.807, 2.05) is 84.9 Å². The normalized spacial score (nSPS) is 12.7. The fourth-order valence-corrected chi connectivity index (χ4v) is 3.38. The van der Waals surface area contributed by atoms with Gasteiger partial charge in [-0.2, -0.15) is 0 Å². The minimum Gasteiger partial charge on any atom is -0.497 e. The molecule has 7 nitrogen and oxygen atoms in total. The number of ether oxygens (including phenoxy) is 4. The first-order valence-electron chi connectivity index (χ1n) is 11.4. The third kappa shape index (κ3) is 8.49. The number of benzene rings is 3. The second-order valence-electron chi connectivity index (χ2n) is 7.93. The van der Waals surface area contributed by atoms with Gasteiger partial charge in [-0.25, -0.2) is 5.06 Å². The Labute approximate surface area is 207 Å². The van der Waals surface area contributed by atoms with Crippen LogP contribution >= 0.6 is 0 Å². The molecule has 35 heavy (non-hydrogen) atoms. The number of likely N-dealkylation sites (N-methyl/N-ethyl adjacent to an activating group) is 1. The van der Waals surface area contributed by atoms with Gasteiger partial charge in [0.2, 0.25) is 0 Å². The molecule has 0 unspecified atom stereocenters. The van der Waals surface area contributed by atoms with Crippen LogP contribution in [-0.4, -0.2) is 51.1 Å². The van der Waals surface area contributed by atoms with E-state index < -0.39 is 12.2 Å². The van der Waals surface area contributed by atoms with Gasteiger partial charge < -0.3 is 18.9 Å². The molecule has 0 bridgehead atoms. The van der Waals surface area contributed by atoms with E-state index in [2.05, 4.69) is 0 Å². The summed E-state index contributed by atoms with van der Waals surface area (Å²) >= 11 is 0. The SMILES string of the molecule is COc1ccc(COC[C@@H](OCc2ccccc2)[C@H](OCc2ccccc2)C(=O)N(C)OC)cc1. The summed E-state index contributed by atoms with van der Waals surface area (Å²) in [6, 6.07) is 27.1. The summed E-state index contributed by atoms with van der Waals surface area (Å²) < 4.78 is 23.5. The highest BCUT2D eigenvalue weighted by Gasteiger charge is 2.33. The first-order chi connectivity index (χ1) is 17.1. The van der Waals surface area contributed by atoms with Gasteiger partial charge in [0.05, 0.1) is 40.6 Å². The highest BCUT2D eigenvalue weighted by molar-refractivity contribution is 5.80. The molecular formula is C28H33NO6. The lowest BCUT2D eigenvalue weighted by Crippen LogP contribution is -2.47. The average Bonchev–Trinajstić information content (AvgIpc) is 2.92. The van der Waals surface area contributed by atoms with E-state index in [9.17, 15) is 4.79 Å². The zero-order valence-corrected chi connectivity index (χ0v) is 20.5. The summed E-state index contributed by atoms with van der Waals surface area (Å²) in [6.07, 6.45) is -1.60. The number of amides is 1. The van der Waals surface area contributed by atoms with Crippen LogP contribution in [0.15, 0.2) is 84.9 Å². The molecule has 0 heterocycles. The number of carbonyl (C=O) groups is 1. The summed E-state index contributed by atoms with van der Waals surface area (Å²) in [4.78, 5) is 18.3. The Balaban J connectivity index is 1.73. The Morgan fingerprint density at radius 1 is 0.743 bits per heavy atom. The molecule has 0 radical (unpaired) electrons. The van der Waals surface area contributed by atoms with Crippen molar-refractivity contribution in [1.29, 1.82) is 0 Å². The van der Waals surface area contributed by atoms with Gasteiger partial charge in [-0.1, -0.05) is 72.8 Å². The second kappa shape index (κ2) is 14.2. The minimum atomic E-state index is -0.931. The summed E-state index contributed by atoms with van der Waals surface area (Å²) in [6.45, 7) is 1.07. The monoisotopic (exact) mass is 479 g/mol. The summed E-state index contributed by atoms with van der Waals surface area (Å²) in [7, 11) is 4.61. The Morgan fingerprint density at radius 3 is 1.83 bits per heavy atom. The molecule has 0 fully saturated rings. The van der Waals surface area contributed by atoms with Crippen molar-refractivity contribution in [1.82, 2.24) is 5.06 Å². The van der Waals surface area contributed by atoms with E-state index >= 15 is 0 Å². The Hall–Kier alpha value is -3.23. The van der Waals surface area contributed by atoms with Crippen molar-refractivity contribution in [3.63, 3.8) is 0 Å². The summed E-state index contributed by atoms with van der Waals surface area (Å²) in [5.41, 5.74) is 2.92. The number of carbonyl (C=O) groups excluding carboxylic acids is 1. The molecule has 3 aromatic rings. The van der Waals surface area contributed by atoms with E-state index in [-0.39, 0.29) is 19.1 Å². The maximum absolute atomic E-state index is 13.2. The molecule has 3 aromatic carbocycles. The van der Waals surface area contributed by atoms with Crippen LogP contribution in [0.4, 0.5) is 0 Å². The van der Waals surface area contributed by atoms with Crippen molar-refractivity contribution < 1.29 is 28.6 Å². The Morgan fingerprint density at radius 2 is 1.29 bits per heavy atom. The first kappa shape index (κ1) is 26.4. The van der Waals surface area contributed by atoms with Gasteiger partial charge in [-0.3, -0.25) is 9.63 Å². The van der Waals surface area contributed by atoms with Crippen LogP contribution in [0.1, 0.15) is 16.7 Å². The molecule has 0 saturated carbocycles. The van der Waals surface area contributed by atoms with Gasteiger partial charge in [-0.05, 0) is 28.8 Å². The highest BCUT2D eigenvalue weighted by atomic mass is 16.7. The first-order valence-corrected chi connectivity index (χ1v) is 11.4. The number of hydrogen-bond acceptors (Lipinski definition) is 6. The molecule has 0 aliphatic carbocycles. The molecule has 0 spiro atoms. The van der Waals surface area contributed by atoms with E-state index in [1.54, 1.807) is 14.2 Å². The van der Waals surface area contributed by atoms with Gasteiger partial charge in [0, 0.05) is 7.05 Å². The van der Waals surface area contributed by atoms with Crippen LogP contribution in [0, 0.1) is 0 Å². The van der Waals surface area contributed by atoms with E-state index in [4.69, 9.17) is 23.8 Å². The van der Waals surface area contributed by atoms with Gasteiger partial charge >= 0.3 is 0 Å². The van der Waals surface area contributed by atoms with Crippen LogP contribution in [-0.2, 0) is 43.7 Å². The number of rotatable bonds is 14. The van der Waals surface area contributed by atoms with E-state index in [0.29, 0.717) is 13.2 Å². The molecular weight excluding hydrogens is 446 g/mol. The van der Waals surface area contributed by atoms with Crippen molar-refractivity contribution in [2.45, 2.75) is 32.0 Å². The molecule has 2 atom stereocenters. The van der Waals surface area contributed by atoms with Crippen molar-refractivity contribution in [3.05, 3.63) is 102 Å². The largest absolute Gasteiger partial charge is 0.497 e. The van der Waals surface area contributed by atoms with Gasteiger partial charge in [0.25, 0.3) is 5.91 Å². The third-order valence-electron chi connectivity index (χ3n) is 5.45. The van der Waals surface area contributed by atoms with Crippen LogP contribution in [0.5, 0.6) is 5.75 Å². The van der Waals surface area contributed by atoms with E-state index in [0.717, 1.165) is 27.5 Å². The number of hydroxylamine groups is 2. The minimum absolute atomic E-state index is 0.154. The molecule has 0 aromatic heterocycles. The number of methoxy groups -OCH3 is 1. The lowest BCUT2D eigenvalue weighted by molar-refractivity contribution is -0.195. The zero-order valence-electron chi connectivity index (χ0n) is 20.5. The maximum Gasteiger partial charge on any atom is 0.277 e. The van der Waals surface area contributed by atoms with Crippen LogP contribution in [0.2, 0.25) is 0 Å². The topological polar surface area (TPSA) is 66.5 Å². The molecule has 1 amide bonds. The molecule has 3 rings (SSSR count). The second-order valence-corrected chi connectivity index (χ2v) is 7.93.